The maximum absolute atomic E-state index is 12.2. The summed E-state index contributed by atoms with van der Waals surface area (Å²) < 4.78 is 25.3. The van der Waals surface area contributed by atoms with Crippen LogP contribution in [0.4, 0.5) is 0 Å². The Balaban J connectivity index is 1.92. The fourth-order valence-corrected chi connectivity index (χ4v) is 3.60. The Morgan fingerprint density at radius 1 is 1.09 bits per heavy atom. The van der Waals surface area contributed by atoms with Crippen LogP contribution in [0.5, 0.6) is 0 Å². The van der Waals surface area contributed by atoms with Crippen LogP contribution in [0.15, 0.2) is 57.9 Å². The second-order valence-corrected chi connectivity index (χ2v) is 8.46. The third kappa shape index (κ3) is 4.81. The molecule has 2 aromatic rings. The van der Waals surface area contributed by atoms with Gasteiger partial charge in [-0.15, -0.1) is 0 Å². The number of hydrogen-bond donors (Lipinski definition) is 1. The lowest BCUT2D eigenvalue weighted by atomic mass is 10.1. The molecule has 22 heavy (non-hydrogen) atoms. The van der Waals surface area contributed by atoms with Gasteiger partial charge in [0.25, 0.3) is 0 Å². The molecule has 0 heterocycles. The average Bonchev–Trinajstić information content (AvgIpc) is 2.48. The summed E-state index contributed by atoms with van der Waals surface area (Å²) in [6.45, 7) is 2.39. The molecule has 3 nitrogen and oxygen atoms in total. The zero-order valence-electron chi connectivity index (χ0n) is 12.1. The summed E-state index contributed by atoms with van der Waals surface area (Å²) >= 11 is 9.15. The van der Waals surface area contributed by atoms with Gasteiger partial charge in [0.15, 0.2) is 9.84 Å². The van der Waals surface area contributed by atoms with E-state index in [4.69, 9.17) is 11.6 Å². The van der Waals surface area contributed by atoms with Crippen molar-refractivity contribution in [3.63, 3.8) is 0 Å². The molecule has 118 valence electrons. The Morgan fingerprint density at radius 2 is 1.68 bits per heavy atom. The summed E-state index contributed by atoms with van der Waals surface area (Å²) in [7, 11) is -3.27. The molecule has 0 unspecified atom stereocenters. The number of hydrogen-bond acceptors (Lipinski definition) is 3. The van der Waals surface area contributed by atoms with E-state index in [9.17, 15) is 8.42 Å². The third-order valence-corrected chi connectivity index (χ3v) is 5.88. The fourth-order valence-electron chi connectivity index (χ4n) is 2.04. The molecule has 1 N–H and O–H groups in total. The molecule has 0 fully saturated rings. The minimum atomic E-state index is -3.27. The monoisotopic (exact) mass is 401 g/mol. The lowest BCUT2D eigenvalue weighted by Gasteiger charge is -2.14. The summed E-state index contributed by atoms with van der Waals surface area (Å²) in [5.74, 6) is 0.0621. The van der Waals surface area contributed by atoms with Gasteiger partial charge in [0.1, 0.15) is 0 Å². The summed E-state index contributed by atoms with van der Waals surface area (Å²) in [6, 6.07) is 14.3. The molecule has 0 saturated carbocycles. The zero-order chi connectivity index (χ0) is 16.2. The number of sulfone groups is 1. The molecule has 0 aliphatic rings. The normalized spacial score (nSPS) is 13.0. The molecule has 0 saturated heterocycles. The molecule has 6 heteroatoms. The fraction of sp³-hybridized carbons (Fsp3) is 0.250. The molecular formula is C16H17BrClNO2S. The van der Waals surface area contributed by atoms with E-state index in [2.05, 4.69) is 21.2 Å². The second kappa shape index (κ2) is 7.59. The Kier molecular flexibility index (Phi) is 6.03. The van der Waals surface area contributed by atoms with Crippen molar-refractivity contribution >= 4 is 37.4 Å². The van der Waals surface area contributed by atoms with E-state index in [-0.39, 0.29) is 11.8 Å². The minimum Gasteiger partial charge on any atom is -0.309 e. The van der Waals surface area contributed by atoms with Gasteiger partial charge in [-0.25, -0.2) is 8.42 Å². The summed E-state index contributed by atoms with van der Waals surface area (Å²) in [4.78, 5) is 0.344. The van der Waals surface area contributed by atoms with Crippen LogP contribution in [-0.4, -0.2) is 20.7 Å². The Morgan fingerprint density at radius 3 is 2.27 bits per heavy atom. The summed E-state index contributed by atoms with van der Waals surface area (Å²) in [5.41, 5.74) is 1.07. The second-order valence-electron chi connectivity index (χ2n) is 5.00. The zero-order valence-corrected chi connectivity index (χ0v) is 15.2. The molecule has 0 aliphatic carbocycles. The molecule has 0 amide bonds. The topological polar surface area (TPSA) is 46.2 Å². The highest BCUT2D eigenvalue weighted by molar-refractivity contribution is 9.10. The maximum Gasteiger partial charge on any atom is 0.179 e. The number of rotatable bonds is 6. The van der Waals surface area contributed by atoms with Gasteiger partial charge in [0, 0.05) is 22.1 Å². The van der Waals surface area contributed by atoms with Crippen molar-refractivity contribution < 1.29 is 8.42 Å². The molecule has 1 atom stereocenters. The van der Waals surface area contributed by atoms with Gasteiger partial charge in [-0.05, 0) is 48.9 Å². The average molecular weight is 403 g/mol. The van der Waals surface area contributed by atoms with Crippen molar-refractivity contribution in [2.75, 3.05) is 12.3 Å². The predicted octanol–water partition coefficient (Wildman–Crippen LogP) is 4.23. The minimum absolute atomic E-state index is 0.0621. The van der Waals surface area contributed by atoms with E-state index in [1.165, 1.54) is 0 Å². The summed E-state index contributed by atoms with van der Waals surface area (Å²) in [6.07, 6.45) is 0. The first-order chi connectivity index (χ1) is 10.4. The third-order valence-electron chi connectivity index (χ3n) is 3.36. The van der Waals surface area contributed by atoms with Crippen molar-refractivity contribution in [1.82, 2.24) is 5.32 Å². The van der Waals surface area contributed by atoms with Crippen molar-refractivity contribution in [1.29, 1.82) is 0 Å². The van der Waals surface area contributed by atoms with Crippen molar-refractivity contribution in [2.24, 2.45) is 0 Å². The first kappa shape index (κ1) is 17.5. The molecule has 0 radical (unpaired) electrons. The Hall–Kier alpha value is -0.880. The van der Waals surface area contributed by atoms with E-state index in [1.54, 1.807) is 24.3 Å². The van der Waals surface area contributed by atoms with Crippen LogP contribution in [0.1, 0.15) is 18.5 Å². The van der Waals surface area contributed by atoms with E-state index < -0.39 is 9.84 Å². The summed E-state index contributed by atoms with van der Waals surface area (Å²) in [5, 5.41) is 3.91. The van der Waals surface area contributed by atoms with Crippen molar-refractivity contribution in [2.45, 2.75) is 17.9 Å². The van der Waals surface area contributed by atoms with Crippen molar-refractivity contribution in [3.8, 4) is 0 Å². The number of nitrogens with one attached hydrogen (secondary N) is 1. The first-order valence-corrected chi connectivity index (χ1v) is 9.68. The Bertz CT molecular complexity index is 715. The van der Waals surface area contributed by atoms with Crippen LogP contribution >= 0.6 is 27.5 Å². The van der Waals surface area contributed by atoms with Crippen LogP contribution < -0.4 is 5.32 Å². The van der Waals surface area contributed by atoms with E-state index in [0.29, 0.717) is 16.5 Å². The predicted molar refractivity (Wildman–Crippen MR) is 94.1 cm³/mol. The smallest absolute Gasteiger partial charge is 0.179 e. The van der Waals surface area contributed by atoms with Crippen LogP contribution in [0.2, 0.25) is 5.02 Å². The lowest BCUT2D eigenvalue weighted by molar-refractivity contribution is 0.572. The Labute approximate surface area is 144 Å². The SMILES string of the molecule is C[C@H](NCCS(=O)(=O)c1ccc(Br)cc1)c1ccc(Cl)cc1. The maximum atomic E-state index is 12.2. The van der Waals surface area contributed by atoms with Crippen molar-refractivity contribution in [3.05, 3.63) is 63.6 Å². The van der Waals surface area contributed by atoms with Gasteiger partial charge in [0.2, 0.25) is 0 Å². The number of benzene rings is 2. The van der Waals surface area contributed by atoms with Gasteiger partial charge in [-0.2, -0.15) is 0 Å². The van der Waals surface area contributed by atoms with Crippen LogP contribution in [0, 0.1) is 0 Å². The quantitative estimate of drug-likeness (QED) is 0.786. The molecule has 0 aliphatic heterocycles. The lowest BCUT2D eigenvalue weighted by Crippen LogP contribution is -2.25. The highest BCUT2D eigenvalue weighted by atomic mass is 79.9. The standard InChI is InChI=1S/C16H17BrClNO2S/c1-12(13-2-6-15(18)7-3-13)19-10-11-22(20,21)16-8-4-14(17)5-9-16/h2-9,12,19H,10-11H2,1H3/t12-/m0/s1. The molecule has 2 aromatic carbocycles. The molecule has 0 spiro atoms. The first-order valence-electron chi connectivity index (χ1n) is 6.86. The van der Waals surface area contributed by atoms with E-state index in [0.717, 1.165) is 10.0 Å². The van der Waals surface area contributed by atoms with Gasteiger partial charge in [-0.3, -0.25) is 0 Å². The van der Waals surface area contributed by atoms with Gasteiger partial charge in [0.05, 0.1) is 10.6 Å². The van der Waals surface area contributed by atoms with Gasteiger partial charge >= 0.3 is 0 Å². The highest BCUT2D eigenvalue weighted by Gasteiger charge is 2.14. The van der Waals surface area contributed by atoms with E-state index >= 15 is 0 Å². The molecule has 2 rings (SSSR count). The van der Waals surface area contributed by atoms with Gasteiger partial charge < -0.3 is 5.32 Å². The van der Waals surface area contributed by atoms with Gasteiger partial charge in [-0.1, -0.05) is 39.7 Å². The van der Waals surface area contributed by atoms with Crippen LogP contribution in [-0.2, 0) is 9.84 Å². The molecule has 0 aromatic heterocycles. The van der Waals surface area contributed by atoms with Crippen LogP contribution in [0.3, 0.4) is 0 Å². The molecule has 0 bridgehead atoms. The van der Waals surface area contributed by atoms with Crippen LogP contribution in [0.25, 0.3) is 0 Å². The highest BCUT2D eigenvalue weighted by Crippen LogP contribution is 2.17. The largest absolute Gasteiger partial charge is 0.309 e. The van der Waals surface area contributed by atoms with E-state index in [1.807, 2.05) is 31.2 Å². The molecular weight excluding hydrogens is 386 g/mol. The number of halogens is 2.